The van der Waals surface area contributed by atoms with Crippen molar-refractivity contribution in [3.8, 4) is 0 Å². The van der Waals surface area contributed by atoms with Gasteiger partial charge in [-0.1, -0.05) is 6.92 Å². The first-order chi connectivity index (χ1) is 4.31. The summed E-state index contributed by atoms with van der Waals surface area (Å²) in [7, 11) is 0.234. The van der Waals surface area contributed by atoms with Crippen LogP contribution in [-0.2, 0) is 9.22 Å². The molecule has 1 unspecified atom stereocenters. The highest BCUT2D eigenvalue weighted by Gasteiger charge is 2.01. The first-order valence-electron chi connectivity index (χ1n) is 2.89. The van der Waals surface area contributed by atoms with Gasteiger partial charge in [-0.3, -0.25) is 4.79 Å². The molecule has 1 atom stereocenters. The third-order valence-corrected chi connectivity index (χ3v) is 1.59. The van der Waals surface area contributed by atoms with Crippen LogP contribution in [0.1, 0.15) is 13.8 Å². The summed E-state index contributed by atoms with van der Waals surface area (Å²) in [6, 6.07) is 0. The molecule has 2 radical (unpaired) electrons. The van der Waals surface area contributed by atoms with Crippen molar-refractivity contribution in [2.75, 3.05) is 6.54 Å². The fourth-order valence-electron chi connectivity index (χ4n) is 0.478. The highest BCUT2D eigenvalue weighted by Crippen LogP contribution is 1.76. The Hall–Kier alpha value is -0.353. The third-order valence-electron chi connectivity index (χ3n) is 0.803. The van der Waals surface area contributed by atoms with Crippen LogP contribution in [0.15, 0.2) is 0 Å². The number of hydrogen-bond acceptors (Lipinski definition) is 3. The number of hydrogen-bond donors (Lipinski definition) is 1. The predicted molar refractivity (Wildman–Crippen MR) is 36.0 cm³/mol. The van der Waals surface area contributed by atoms with E-state index in [9.17, 15) is 4.79 Å². The van der Waals surface area contributed by atoms with Crippen LogP contribution in [0.3, 0.4) is 0 Å². The maximum Gasteiger partial charge on any atom is 0.332 e. The predicted octanol–water partition coefficient (Wildman–Crippen LogP) is -0.266. The van der Waals surface area contributed by atoms with Gasteiger partial charge in [0.05, 0.1) is 0 Å². The topological polar surface area (TPSA) is 38.3 Å². The standard InChI is InChI=1S/C5H11NO2Si/c1-3-6-5(2)9-8-4-7/h4-6H,3H2,1-2H3. The van der Waals surface area contributed by atoms with Gasteiger partial charge in [-0.25, -0.2) is 0 Å². The zero-order chi connectivity index (χ0) is 7.11. The minimum absolute atomic E-state index is 0.234. The molecule has 0 aliphatic heterocycles. The lowest BCUT2D eigenvalue weighted by Gasteiger charge is -2.06. The van der Waals surface area contributed by atoms with Gasteiger partial charge in [0.15, 0.2) is 0 Å². The van der Waals surface area contributed by atoms with Crippen molar-refractivity contribution < 1.29 is 9.22 Å². The Labute approximate surface area is 57.7 Å². The molecule has 1 N–H and O–H groups in total. The van der Waals surface area contributed by atoms with E-state index in [1.165, 1.54) is 0 Å². The minimum Gasteiger partial charge on any atom is -0.517 e. The van der Waals surface area contributed by atoms with Crippen LogP contribution < -0.4 is 5.32 Å². The Kier molecular flexibility index (Phi) is 5.55. The lowest BCUT2D eigenvalue weighted by atomic mass is 10.7. The van der Waals surface area contributed by atoms with Crippen LogP contribution in [-0.4, -0.2) is 28.4 Å². The van der Waals surface area contributed by atoms with E-state index in [-0.39, 0.29) is 9.76 Å². The summed E-state index contributed by atoms with van der Waals surface area (Å²) >= 11 is 0. The lowest BCUT2D eigenvalue weighted by Crippen LogP contribution is -2.32. The second-order valence-electron chi connectivity index (χ2n) is 1.61. The first kappa shape index (κ1) is 8.65. The molecule has 0 heterocycles. The Bertz CT molecular complexity index is 79.4. The van der Waals surface area contributed by atoms with Gasteiger partial charge in [-0.15, -0.1) is 0 Å². The van der Waals surface area contributed by atoms with Crippen LogP contribution in [0.25, 0.3) is 0 Å². The van der Waals surface area contributed by atoms with Gasteiger partial charge in [0.1, 0.15) is 0 Å². The van der Waals surface area contributed by atoms with Crippen molar-refractivity contribution in [3.05, 3.63) is 0 Å². The van der Waals surface area contributed by atoms with Gasteiger partial charge in [-0.05, 0) is 13.5 Å². The summed E-state index contributed by atoms with van der Waals surface area (Å²) in [5.74, 6) is 0. The van der Waals surface area contributed by atoms with E-state index in [1.54, 1.807) is 0 Å². The Morgan fingerprint density at radius 1 is 1.89 bits per heavy atom. The van der Waals surface area contributed by atoms with Gasteiger partial charge in [0.2, 0.25) is 0 Å². The van der Waals surface area contributed by atoms with Crippen LogP contribution in [0.5, 0.6) is 0 Å². The first-order valence-corrected chi connectivity index (χ1v) is 3.88. The molecule has 3 nitrogen and oxygen atoms in total. The summed E-state index contributed by atoms with van der Waals surface area (Å²) in [6.45, 7) is 5.38. The lowest BCUT2D eigenvalue weighted by molar-refractivity contribution is -0.120. The van der Waals surface area contributed by atoms with Crippen LogP contribution in [0.4, 0.5) is 0 Å². The molecule has 9 heavy (non-hydrogen) atoms. The molecular weight excluding hydrogens is 134 g/mol. The minimum atomic E-state index is 0.234. The molecule has 0 spiro atoms. The molecule has 0 saturated heterocycles. The van der Waals surface area contributed by atoms with E-state index >= 15 is 0 Å². The van der Waals surface area contributed by atoms with Gasteiger partial charge in [0, 0.05) is 5.67 Å². The second-order valence-corrected chi connectivity index (χ2v) is 2.95. The van der Waals surface area contributed by atoms with E-state index in [0.29, 0.717) is 12.1 Å². The molecule has 0 aliphatic rings. The van der Waals surface area contributed by atoms with Gasteiger partial charge in [-0.2, -0.15) is 0 Å². The maximum absolute atomic E-state index is 9.67. The second kappa shape index (κ2) is 5.78. The van der Waals surface area contributed by atoms with Crippen molar-refractivity contribution in [1.29, 1.82) is 0 Å². The smallest absolute Gasteiger partial charge is 0.332 e. The van der Waals surface area contributed by atoms with Crippen molar-refractivity contribution in [1.82, 2.24) is 5.32 Å². The van der Waals surface area contributed by atoms with Crippen LogP contribution in [0, 0.1) is 0 Å². The Balaban J connectivity index is 3.04. The average molecular weight is 145 g/mol. The molecule has 0 bridgehead atoms. The molecule has 0 rings (SSSR count). The fraction of sp³-hybridized carbons (Fsp3) is 0.800. The molecular formula is C5H11NO2Si. The molecule has 0 amide bonds. The summed E-state index contributed by atoms with van der Waals surface area (Å²) in [5, 5.41) is 3.11. The number of rotatable bonds is 5. The van der Waals surface area contributed by atoms with E-state index in [1.807, 2.05) is 13.8 Å². The number of carbonyl (C=O) groups excluding carboxylic acids is 1. The highest BCUT2D eigenvalue weighted by molar-refractivity contribution is 6.31. The van der Waals surface area contributed by atoms with Crippen molar-refractivity contribution >= 4 is 16.2 Å². The molecule has 4 heteroatoms. The SMILES string of the molecule is CCNC(C)[Si]OC=O. The molecule has 0 aromatic rings. The zero-order valence-corrected chi connectivity index (χ0v) is 6.68. The summed E-state index contributed by atoms with van der Waals surface area (Å²) in [4.78, 5) is 9.67. The van der Waals surface area contributed by atoms with E-state index in [4.69, 9.17) is 0 Å². The maximum atomic E-state index is 9.67. The van der Waals surface area contributed by atoms with Gasteiger partial charge < -0.3 is 9.74 Å². The summed E-state index contributed by atoms with van der Waals surface area (Å²) in [6.07, 6.45) is 0. The largest absolute Gasteiger partial charge is 0.517 e. The molecule has 0 aliphatic carbocycles. The normalized spacial score (nSPS) is 12.7. The fourth-order valence-corrected chi connectivity index (χ4v) is 1.02. The van der Waals surface area contributed by atoms with Gasteiger partial charge in [0.25, 0.3) is 6.47 Å². The van der Waals surface area contributed by atoms with Gasteiger partial charge >= 0.3 is 9.76 Å². The van der Waals surface area contributed by atoms with Crippen molar-refractivity contribution in [3.63, 3.8) is 0 Å². The van der Waals surface area contributed by atoms with Crippen molar-refractivity contribution in [2.24, 2.45) is 0 Å². The molecule has 0 saturated carbocycles. The molecule has 52 valence electrons. The van der Waals surface area contributed by atoms with Crippen LogP contribution >= 0.6 is 0 Å². The van der Waals surface area contributed by atoms with Crippen molar-refractivity contribution in [2.45, 2.75) is 19.5 Å². The number of nitrogens with one attached hydrogen (secondary N) is 1. The Morgan fingerprint density at radius 2 is 2.56 bits per heavy atom. The van der Waals surface area contributed by atoms with Crippen LogP contribution in [0.2, 0.25) is 0 Å². The van der Waals surface area contributed by atoms with E-state index in [2.05, 4.69) is 9.74 Å². The van der Waals surface area contributed by atoms with E-state index in [0.717, 1.165) is 6.54 Å². The average Bonchev–Trinajstić information content (AvgIpc) is 1.85. The Morgan fingerprint density at radius 3 is 3.00 bits per heavy atom. The zero-order valence-electron chi connectivity index (χ0n) is 5.68. The van der Waals surface area contributed by atoms with E-state index < -0.39 is 0 Å². The number of carbonyl (C=O) groups is 1. The summed E-state index contributed by atoms with van der Waals surface area (Å²) in [5.41, 5.74) is 0.292. The highest BCUT2D eigenvalue weighted by atomic mass is 28.2. The third kappa shape index (κ3) is 5.52. The molecule has 0 fully saturated rings. The molecule has 0 aromatic carbocycles. The quantitative estimate of drug-likeness (QED) is 0.427. The molecule has 0 aromatic heterocycles. The summed E-state index contributed by atoms with van der Waals surface area (Å²) < 4.78 is 4.53. The monoisotopic (exact) mass is 145 g/mol.